The molecule has 0 N–H and O–H groups in total. The summed E-state index contributed by atoms with van der Waals surface area (Å²) in [5.74, 6) is -3.49. The molecule has 0 aliphatic heterocycles. The number of hydrogen-bond acceptors (Lipinski definition) is 8. The van der Waals surface area contributed by atoms with E-state index in [2.05, 4.69) is 6.58 Å². The summed E-state index contributed by atoms with van der Waals surface area (Å²) >= 11 is 0. The zero-order valence-electron chi connectivity index (χ0n) is 28.1. The van der Waals surface area contributed by atoms with E-state index in [0.717, 1.165) is 18.6 Å². The quantitative estimate of drug-likeness (QED) is 0.114. The first-order chi connectivity index (χ1) is 22.1. The summed E-state index contributed by atoms with van der Waals surface area (Å²) in [7, 11) is 0. The minimum Gasteiger partial charge on any atom is -0.486 e. The molecule has 10 heteroatoms. The van der Waals surface area contributed by atoms with Gasteiger partial charge in [0.05, 0.1) is 22.8 Å². The molecular formula is C37H44F2O8. The number of hydrogen-bond donors (Lipinski definition) is 0. The number of esters is 3. The Morgan fingerprint density at radius 2 is 1.55 bits per heavy atom. The molecule has 4 unspecified atom stereocenters. The second-order valence-electron chi connectivity index (χ2n) is 12.7. The SMILES string of the molecule is C=CC(=O)OC(C)(CC)C(CC(C)CC)Oc1ccc(C(=O)Oc2ccc(OC(=O)C3=CCC(OC(C)(C)C)C=C3F)cc2)c(F)c1. The maximum Gasteiger partial charge on any atom is 0.346 e. The van der Waals surface area contributed by atoms with Gasteiger partial charge in [-0.1, -0.05) is 39.8 Å². The Hall–Kier alpha value is -4.31. The largest absolute Gasteiger partial charge is 0.486 e. The minimum absolute atomic E-state index is 0.0658. The standard InChI is InChI=1S/C37H44F2O8/c1-9-23(4)20-32(37(8,11-3)47-33(40)10-2)43-26-16-18-28(30(38)21-26)34(41)44-24-12-14-25(15-13-24)45-35(42)29-19-17-27(22-31(29)39)46-36(5,6)7/h10,12-16,18-19,21-23,27,32H,2,9,11,17,20H2,1,3-8H3. The van der Waals surface area contributed by atoms with Crippen molar-refractivity contribution in [1.82, 2.24) is 0 Å². The van der Waals surface area contributed by atoms with Crippen LogP contribution >= 0.6 is 0 Å². The molecule has 2 aromatic carbocycles. The molecule has 0 saturated heterocycles. The Morgan fingerprint density at radius 3 is 2.06 bits per heavy atom. The second-order valence-corrected chi connectivity index (χ2v) is 12.7. The van der Waals surface area contributed by atoms with Gasteiger partial charge in [-0.15, -0.1) is 0 Å². The molecule has 0 amide bonds. The number of carbonyl (C=O) groups excluding carboxylic acids is 3. The molecule has 1 aliphatic rings. The molecule has 0 spiro atoms. The first-order valence-electron chi connectivity index (χ1n) is 15.7. The monoisotopic (exact) mass is 654 g/mol. The predicted octanol–water partition coefficient (Wildman–Crippen LogP) is 8.40. The fourth-order valence-corrected chi connectivity index (χ4v) is 4.76. The van der Waals surface area contributed by atoms with Gasteiger partial charge in [0.15, 0.2) is 0 Å². The van der Waals surface area contributed by atoms with E-state index < -0.39 is 53.0 Å². The smallest absolute Gasteiger partial charge is 0.346 e. The van der Waals surface area contributed by atoms with Gasteiger partial charge in [-0.3, -0.25) is 0 Å². The van der Waals surface area contributed by atoms with Crippen molar-refractivity contribution in [3.05, 3.63) is 90.1 Å². The van der Waals surface area contributed by atoms with Gasteiger partial charge in [0, 0.05) is 12.1 Å². The molecule has 0 radical (unpaired) electrons. The van der Waals surface area contributed by atoms with Crippen molar-refractivity contribution in [1.29, 1.82) is 0 Å². The predicted molar refractivity (Wildman–Crippen MR) is 173 cm³/mol. The first kappa shape index (κ1) is 37.2. The number of rotatable bonds is 14. The van der Waals surface area contributed by atoms with Crippen molar-refractivity contribution in [3.63, 3.8) is 0 Å². The molecule has 0 saturated carbocycles. The lowest BCUT2D eigenvalue weighted by atomic mass is 9.87. The third kappa shape index (κ3) is 10.6. The fraction of sp³-hybridized carbons (Fsp3) is 0.432. The fourth-order valence-electron chi connectivity index (χ4n) is 4.76. The van der Waals surface area contributed by atoms with Gasteiger partial charge in [-0.2, -0.15) is 0 Å². The van der Waals surface area contributed by atoms with Crippen LogP contribution in [0.15, 0.2) is 78.7 Å². The lowest BCUT2D eigenvalue weighted by molar-refractivity contribution is -0.164. The molecular weight excluding hydrogens is 610 g/mol. The minimum atomic E-state index is -1.01. The summed E-state index contributed by atoms with van der Waals surface area (Å²) in [5, 5.41) is 0. The van der Waals surface area contributed by atoms with E-state index in [-0.39, 0.29) is 34.3 Å². The van der Waals surface area contributed by atoms with Crippen molar-refractivity contribution in [3.8, 4) is 17.2 Å². The molecule has 3 rings (SSSR count). The van der Waals surface area contributed by atoms with E-state index in [9.17, 15) is 18.8 Å². The Morgan fingerprint density at radius 1 is 0.957 bits per heavy atom. The van der Waals surface area contributed by atoms with Crippen LogP contribution in [0, 0.1) is 11.7 Å². The normalized spacial score (nSPS) is 17.3. The van der Waals surface area contributed by atoms with Crippen LogP contribution in [0.1, 0.15) is 84.5 Å². The summed E-state index contributed by atoms with van der Waals surface area (Å²) in [6, 6.07) is 9.23. The summed E-state index contributed by atoms with van der Waals surface area (Å²) in [5.41, 5.74) is -2.02. The highest BCUT2D eigenvalue weighted by atomic mass is 19.1. The molecule has 0 bridgehead atoms. The molecule has 0 aromatic heterocycles. The molecule has 0 fully saturated rings. The second kappa shape index (κ2) is 16.0. The Kier molecular flexibility index (Phi) is 12.6. The molecule has 8 nitrogen and oxygen atoms in total. The van der Waals surface area contributed by atoms with Gasteiger partial charge < -0.3 is 23.7 Å². The molecule has 254 valence electrons. The van der Waals surface area contributed by atoms with Crippen LogP contribution < -0.4 is 14.2 Å². The van der Waals surface area contributed by atoms with E-state index >= 15 is 4.39 Å². The van der Waals surface area contributed by atoms with Gasteiger partial charge in [0.25, 0.3) is 0 Å². The zero-order chi connectivity index (χ0) is 34.9. The average molecular weight is 655 g/mol. The average Bonchev–Trinajstić information content (AvgIpc) is 3.00. The van der Waals surface area contributed by atoms with Crippen molar-refractivity contribution in [2.24, 2.45) is 5.92 Å². The van der Waals surface area contributed by atoms with Gasteiger partial charge in [-0.25, -0.2) is 23.2 Å². The summed E-state index contributed by atoms with van der Waals surface area (Å²) < 4.78 is 57.9. The van der Waals surface area contributed by atoms with Gasteiger partial charge in [0.2, 0.25) is 0 Å². The van der Waals surface area contributed by atoms with E-state index in [0.29, 0.717) is 19.3 Å². The lowest BCUT2D eigenvalue weighted by Crippen LogP contribution is -2.47. The van der Waals surface area contributed by atoms with Crippen molar-refractivity contribution < 1.29 is 46.8 Å². The highest BCUT2D eigenvalue weighted by molar-refractivity contribution is 5.94. The van der Waals surface area contributed by atoms with E-state index in [1.165, 1.54) is 48.6 Å². The van der Waals surface area contributed by atoms with Crippen LogP contribution in [0.3, 0.4) is 0 Å². The van der Waals surface area contributed by atoms with Crippen molar-refractivity contribution in [2.45, 2.75) is 97.6 Å². The number of carbonyl (C=O) groups is 3. The Labute approximate surface area is 275 Å². The summed E-state index contributed by atoms with van der Waals surface area (Å²) in [4.78, 5) is 37.4. The maximum absolute atomic E-state index is 15.2. The zero-order valence-corrected chi connectivity index (χ0v) is 28.1. The third-order valence-electron chi connectivity index (χ3n) is 7.75. The summed E-state index contributed by atoms with van der Waals surface area (Å²) in [6.07, 6.45) is 4.83. The molecule has 47 heavy (non-hydrogen) atoms. The highest BCUT2D eigenvalue weighted by Gasteiger charge is 2.39. The number of halogens is 2. The van der Waals surface area contributed by atoms with Gasteiger partial charge in [0.1, 0.15) is 40.6 Å². The van der Waals surface area contributed by atoms with E-state index in [1.807, 2.05) is 41.5 Å². The molecule has 4 atom stereocenters. The number of benzene rings is 2. The highest BCUT2D eigenvalue weighted by Crippen LogP contribution is 2.32. The van der Waals surface area contributed by atoms with Crippen LogP contribution in [-0.2, 0) is 19.1 Å². The summed E-state index contributed by atoms with van der Waals surface area (Å²) in [6.45, 7) is 16.7. The lowest BCUT2D eigenvalue weighted by Gasteiger charge is -2.37. The van der Waals surface area contributed by atoms with Gasteiger partial charge >= 0.3 is 17.9 Å². The van der Waals surface area contributed by atoms with E-state index in [1.54, 1.807) is 6.92 Å². The van der Waals surface area contributed by atoms with Crippen LogP contribution in [0.4, 0.5) is 8.78 Å². The van der Waals surface area contributed by atoms with Crippen LogP contribution in [0.2, 0.25) is 0 Å². The topological polar surface area (TPSA) is 97.4 Å². The first-order valence-corrected chi connectivity index (χ1v) is 15.7. The Balaban J connectivity index is 1.65. The Bertz CT molecular complexity index is 1510. The van der Waals surface area contributed by atoms with Crippen LogP contribution in [-0.4, -0.2) is 41.3 Å². The van der Waals surface area contributed by atoms with Crippen LogP contribution in [0.5, 0.6) is 17.2 Å². The van der Waals surface area contributed by atoms with Crippen LogP contribution in [0.25, 0.3) is 0 Å². The molecule has 0 heterocycles. The molecule has 1 aliphatic carbocycles. The van der Waals surface area contributed by atoms with Gasteiger partial charge in [-0.05, 0) is 95.3 Å². The number of ether oxygens (including phenoxy) is 5. The van der Waals surface area contributed by atoms with Crippen molar-refractivity contribution in [2.75, 3.05) is 0 Å². The maximum atomic E-state index is 15.2. The van der Waals surface area contributed by atoms with E-state index in [4.69, 9.17) is 23.7 Å². The third-order valence-corrected chi connectivity index (χ3v) is 7.75. The van der Waals surface area contributed by atoms with Crippen molar-refractivity contribution >= 4 is 17.9 Å². The molecule has 2 aromatic rings.